The van der Waals surface area contributed by atoms with Gasteiger partial charge in [0.25, 0.3) is 5.91 Å². The van der Waals surface area contributed by atoms with Gasteiger partial charge in [-0.1, -0.05) is 0 Å². The highest BCUT2D eigenvalue weighted by Gasteiger charge is 2.15. The highest BCUT2D eigenvalue weighted by molar-refractivity contribution is 5.93. The lowest BCUT2D eigenvalue weighted by Crippen LogP contribution is -2.33. The average Bonchev–Trinajstić information content (AvgIpc) is 2.37. The van der Waals surface area contributed by atoms with Gasteiger partial charge in [0.15, 0.2) is 0 Å². The van der Waals surface area contributed by atoms with E-state index in [2.05, 4.69) is 10.3 Å². The number of amides is 1. The summed E-state index contributed by atoms with van der Waals surface area (Å²) in [4.78, 5) is 25.3. The van der Waals surface area contributed by atoms with E-state index in [1.165, 1.54) is 12.3 Å². The summed E-state index contributed by atoms with van der Waals surface area (Å²) < 4.78 is 5.33. The van der Waals surface area contributed by atoms with Gasteiger partial charge in [0.1, 0.15) is 0 Å². The van der Waals surface area contributed by atoms with Crippen LogP contribution in [-0.4, -0.2) is 30.6 Å². The van der Waals surface area contributed by atoms with Crippen LogP contribution in [0.1, 0.15) is 23.2 Å². The van der Waals surface area contributed by atoms with E-state index in [4.69, 9.17) is 4.74 Å². The minimum atomic E-state index is -0.265. The van der Waals surface area contributed by atoms with Crippen molar-refractivity contribution in [1.29, 1.82) is 0 Å². The minimum Gasteiger partial charge on any atom is -0.381 e. The molecule has 0 radical (unpaired) electrons. The molecule has 2 heterocycles. The Balaban J connectivity index is 1.86. The van der Waals surface area contributed by atoms with Gasteiger partial charge in [-0.25, -0.2) is 0 Å². The maximum atomic E-state index is 11.7. The van der Waals surface area contributed by atoms with Crippen molar-refractivity contribution in [1.82, 2.24) is 10.3 Å². The maximum absolute atomic E-state index is 11.7. The molecule has 1 aromatic rings. The van der Waals surface area contributed by atoms with E-state index < -0.39 is 0 Å². The number of ether oxygens (including phenoxy) is 1. The lowest BCUT2D eigenvalue weighted by Gasteiger charge is -2.22. The summed E-state index contributed by atoms with van der Waals surface area (Å²) in [6.07, 6.45) is 3.60. The van der Waals surface area contributed by atoms with E-state index in [0.29, 0.717) is 24.6 Å². The maximum Gasteiger partial charge on any atom is 0.251 e. The van der Waals surface area contributed by atoms with Gasteiger partial charge in [0.05, 0.1) is 6.61 Å². The molecule has 0 aromatic carbocycles. The van der Waals surface area contributed by atoms with Crippen LogP contribution in [0.25, 0.3) is 0 Å². The normalized spacial score (nSPS) is 19.9. The first-order valence-corrected chi connectivity index (χ1v) is 5.80. The van der Waals surface area contributed by atoms with Crippen LogP contribution in [0.15, 0.2) is 23.1 Å². The van der Waals surface area contributed by atoms with Crippen molar-refractivity contribution in [2.24, 2.45) is 5.92 Å². The van der Waals surface area contributed by atoms with Crippen LogP contribution in [-0.2, 0) is 4.74 Å². The zero-order chi connectivity index (χ0) is 12.1. The van der Waals surface area contributed by atoms with E-state index in [1.54, 1.807) is 6.07 Å². The van der Waals surface area contributed by atoms with Gasteiger partial charge >= 0.3 is 0 Å². The van der Waals surface area contributed by atoms with Crippen molar-refractivity contribution in [2.75, 3.05) is 19.8 Å². The molecule has 1 atom stereocenters. The van der Waals surface area contributed by atoms with E-state index in [1.807, 2.05) is 0 Å². The first-order chi connectivity index (χ1) is 8.25. The summed E-state index contributed by atoms with van der Waals surface area (Å²) in [6, 6.07) is 2.89. The molecule has 0 saturated carbocycles. The third-order valence-electron chi connectivity index (χ3n) is 2.84. The molecule has 1 amide bonds. The molecule has 0 bridgehead atoms. The molecule has 1 aliphatic rings. The van der Waals surface area contributed by atoms with Crippen LogP contribution in [0, 0.1) is 5.92 Å². The molecule has 0 aliphatic carbocycles. The van der Waals surface area contributed by atoms with Crippen LogP contribution in [0.4, 0.5) is 0 Å². The molecule has 92 valence electrons. The first kappa shape index (κ1) is 11.9. The molecule has 2 rings (SSSR count). The van der Waals surface area contributed by atoms with Gasteiger partial charge < -0.3 is 15.0 Å². The minimum absolute atomic E-state index is 0.207. The Morgan fingerprint density at radius 2 is 2.47 bits per heavy atom. The number of pyridine rings is 1. The second-order valence-electron chi connectivity index (χ2n) is 4.23. The lowest BCUT2D eigenvalue weighted by molar-refractivity contribution is 0.0536. The van der Waals surface area contributed by atoms with E-state index in [9.17, 15) is 9.59 Å². The number of hydrogen-bond acceptors (Lipinski definition) is 3. The number of nitrogens with one attached hydrogen (secondary N) is 2. The van der Waals surface area contributed by atoms with Gasteiger partial charge in [0, 0.05) is 31.0 Å². The molecule has 1 fully saturated rings. The summed E-state index contributed by atoms with van der Waals surface area (Å²) >= 11 is 0. The fourth-order valence-electron chi connectivity index (χ4n) is 1.89. The van der Waals surface area contributed by atoms with E-state index >= 15 is 0 Å². The number of carbonyl (C=O) groups excluding carboxylic acids is 1. The van der Waals surface area contributed by atoms with Crippen LogP contribution in [0.2, 0.25) is 0 Å². The summed E-state index contributed by atoms with van der Waals surface area (Å²) in [5, 5.41) is 2.82. The Labute approximate surface area is 99.2 Å². The van der Waals surface area contributed by atoms with Gasteiger partial charge in [0.2, 0.25) is 5.56 Å². The fourth-order valence-corrected chi connectivity index (χ4v) is 1.89. The van der Waals surface area contributed by atoms with Crippen LogP contribution < -0.4 is 10.9 Å². The summed E-state index contributed by atoms with van der Waals surface area (Å²) in [5.41, 5.74) is 0.129. The van der Waals surface area contributed by atoms with Gasteiger partial charge in [-0.2, -0.15) is 0 Å². The Hall–Kier alpha value is -1.62. The molecular weight excluding hydrogens is 220 g/mol. The van der Waals surface area contributed by atoms with E-state index in [-0.39, 0.29) is 11.5 Å². The summed E-state index contributed by atoms with van der Waals surface area (Å²) in [7, 11) is 0. The standard InChI is InChI=1S/C12H16N2O3/c15-11-6-10(3-4-13-11)12(16)14-7-9-2-1-5-17-8-9/h3-4,6,9H,1-2,5,7-8H2,(H,13,15)(H,14,16). The lowest BCUT2D eigenvalue weighted by atomic mass is 10.0. The predicted octanol–water partition coefficient (Wildman–Crippen LogP) is 0.531. The van der Waals surface area contributed by atoms with Crippen molar-refractivity contribution in [2.45, 2.75) is 12.8 Å². The van der Waals surface area contributed by atoms with Crippen molar-refractivity contribution < 1.29 is 9.53 Å². The molecule has 5 nitrogen and oxygen atoms in total. The number of rotatable bonds is 3. The molecule has 1 aliphatic heterocycles. The van der Waals surface area contributed by atoms with Crippen LogP contribution in [0.5, 0.6) is 0 Å². The molecule has 2 N–H and O–H groups in total. The second-order valence-corrected chi connectivity index (χ2v) is 4.23. The molecular formula is C12H16N2O3. The number of aromatic nitrogens is 1. The summed E-state index contributed by atoms with van der Waals surface area (Å²) in [6.45, 7) is 2.12. The quantitative estimate of drug-likeness (QED) is 0.804. The fraction of sp³-hybridized carbons (Fsp3) is 0.500. The predicted molar refractivity (Wildman–Crippen MR) is 62.9 cm³/mol. The number of carbonyl (C=O) groups is 1. The molecule has 1 aromatic heterocycles. The Morgan fingerprint density at radius 1 is 1.59 bits per heavy atom. The monoisotopic (exact) mass is 236 g/mol. The summed E-state index contributed by atoms with van der Waals surface area (Å²) in [5.74, 6) is 0.177. The second kappa shape index (κ2) is 5.63. The molecule has 1 saturated heterocycles. The highest BCUT2D eigenvalue weighted by atomic mass is 16.5. The topological polar surface area (TPSA) is 71.2 Å². The van der Waals surface area contributed by atoms with Gasteiger partial charge in [-0.05, 0) is 24.8 Å². The average molecular weight is 236 g/mol. The van der Waals surface area contributed by atoms with Gasteiger partial charge in [-0.15, -0.1) is 0 Å². The third-order valence-corrected chi connectivity index (χ3v) is 2.84. The SMILES string of the molecule is O=C(NCC1CCCOC1)c1cc[nH]c(=O)c1. The third kappa shape index (κ3) is 3.42. The zero-order valence-corrected chi connectivity index (χ0v) is 9.57. The van der Waals surface area contributed by atoms with Crippen LogP contribution in [0.3, 0.4) is 0 Å². The smallest absolute Gasteiger partial charge is 0.251 e. The Bertz CT molecular complexity index is 435. The molecule has 1 unspecified atom stereocenters. The number of H-pyrrole nitrogens is 1. The highest BCUT2D eigenvalue weighted by Crippen LogP contribution is 2.12. The van der Waals surface area contributed by atoms with Crippen molar-refractivity contribution in [3.05, 3.63) is 34.2 Å². The van der Waals surface area contributed by atoms with Crippen molar-refractivity contribution in [3.63, 3.8) is 0 Å². The molecule has 17 heavy (non-hydrogen) atoms. The van der Waals surface area contributed by atoms with Crippen molar-refractivity contribution in [3.8, 4) is 0 Å². The van der Waals surface area contributed by atoms with E-state index in [0.717, 1.165) is 19.4 Å². The molecule has 0 spiro atoms. The zero-order valence-electron chi connectivity index (χ0n) is 9.57. The molecule has 5 heteroatoms. The Morgan fingerprint density at radius 3 is 3.18 bits per heavy atom. The van der Waals surface area contributed by atoms with Gasteiger partial charge in [-0.3, -0.25) is 9.59 Å². The van der Waals surface area contributed by atoms with Crippen molar-refractivity contribution >= 4 is 5.91 Å². The number of hydrogen-bond donors (Lipinski definition) is 2. The Kier molecular flexibility index (Phi) is 3.93. The number of aromatic amines is 1. The first-order valence-electron chi connectivity index (χ1n) is 5.80. The van der Waals surface area contributed by atoms with Crippen LogP contribution >= 0.6 is 0 Å². The largest absolute Gasteiger partial charge is 0.381 e.